The van der Waals surface area contributed by atoms with Crippen LogP contribution in [0.15, 0.2) is 48.5 Å². The molecule has 0 atom stereocenters. The zero-order valence-corrected chi connectivity index (χ0v) is 14.9. The van der Waals surface area contributed by atoms with Crippen molar-refractivity contribution in [3.05, 3.63) is 54.1 Å². The lowest BCUT2D eigenvalue weighted by Crippen LogP contribution is -2.32. The molecule has 2 aromatic rings. The molecule has 26 heavy (non-hydrogen) atoms. The van der Waals surface area contributed by atoms with Gasteiger partial charge in [0.25, 0.3) is 0 Å². The number of ether oxygens (including phenoxy) is 2. The molecule has 1 amide bonds. The molecule has 0 saturated heterocycles. The average molecular weight is 376 g/mol. The zero-order chi connectivity index (χ0) is 18.4. The number of hydrogen-bond donors (Lipinski definition) is 2. The molecule has 2 aromatic carbocycles. The number of anilines is 1. The molecular weight excluding hydrogens is 356 g/mol. The number of para-hydroxylation sites is 1. The summed E-state index contributed by atoms with van der Waals surface area (Å²) >= 11 is 0. The second-order valence-corrected chi connectivity index (χ2v) is 7.63. The van der Waals surface area contributed by atoms with Gasteiger partial charge < -0.3 is 14.8 Å². The van der Waals surface area contributed by atoms with Gasteiger partial charge in [-0.05, 0) is 29.8 Å². The Hall–Kier alpha value is -2.74. The third kappa shape index (κ3) is 5.13. The number of amides is 1. The summed E-state index contributed by atoms with van der Waals surface area (Å²) in [5.41, 5.74) is 1.27. The van der Waals surface area contributed by atoms with Crippen LogP contribution in [0.1, 0.15) is 5.56 Å². The molecule has 2 N–H and O–H groups in total. The quantitative estimate of drug-likeness (QED) is 0.765. The highest BCUT2D eigenvalue weighted by Crippen LogP contribution is 2.30. The van der Waals surface area contributed by atoms with Crippen molar-refractivity contribution in [3.8, 4) is 11.5 Å². The van der Waals surface area contributed by atoms with Crippen molar-refractivity contribution in [1.82, 2.24) is 5.32 Å². The van der Waals surface area contributed by atoms with Crippen LogP contribution in [0, 0.1) is 0 Å². The lowest BCUT2D eigenvalue weighted by atomic mass is 10.1. The van der Waals surface area contributed by atoms with Crippen LogP contribution in [0.4, 0.5) is 5.69 Å². The Kier molecular flexibility index (Phi) is 5.62. The van der Waals surface area contributed by atoms with Gasteiger partial charge in [0.2, 0.25) is 15.9 Å². The molecule has 7 nitrogen and oxygen atoms in total. The van der Waals surface area contributed by atoms with Gasteiger partial charge in [-0.15, -0.1) is 0 Å². The van der Waals surface area contributed by atoms with Gasteiger partial charge in [-0.1, -0.05) is 24.3 Å². The first-order chi connectivity index (χ1) is 12.5. The highest BCUT2D eigenvalue weighted by Gasteiger charge is 2.14. The fraction of sp³-hybridized carbons (Fsp3) is 0.278. The molecular formula is C18H20N2O5S. The van der Waals surface area contributed by atoms with E-state index in [1.165, 1.54) is 0 Å². The van der Waals surface area contributed by atoms with E-state index in [9.17, 15) is 13.2 Å². The lowest BCUT2D eigenvalue weighted by Gasteiger charge is -2.18. The highest BCUT2D eigenvalue weighted by molar-refractivity contribution is 7.92. The maximum atomic E-state index is 12.0. The fourth-order valence-corrected chi connectivity index (χ4v) is 3.48. The number of hydrogen-bond acceptors (Lipinski definition) is 5. The number of rotatable bonds is 7. The van der Waals surface area contributed by atoms with Gasteiger partial charge >= 0.3 is 0 Å². The van der Waals surface area contributed by atoms with Gasteiger partial charge in [0.1, 0.15) is 13.2 Å². The summed E-state index contributed by atoms with van der Waals surface area (Å²) in [5.74, 6) is 0.834. The predicted molar refractivity (Wildman–Crippen MR) is 98.0 cm³/mol. The van der Waals surface area contributed by atoms with E-state index in [2.05, 4.69) is 10.0 Å². The minimum atomic E-state index is -3.52. The van der Waals surface area contributed by atoms with Crippen LogP contribution in [0.5, 0.6) is 11.5 Å². The number of benzene rings is 2. The Labute approximate surface area is 152 Å². The van der Waals surface area contributed by atoms with E-state index < -0.39 is 10.0 Å². The van der Waals surface area contributed by atoms with Crippen molar-refractivity contribution in [1.29, 1.82) is 0 Å². The molecule has 0 spiro atoms. The zero-order valence-electron chi connectivity index (χ0n) is 14.1. The van der Waals surface area contributed by atoms with Crippen LogP contribution < -0.4 is 19.5 Å². The van der Waals surface area contributed by atoms with Gasteiger partial charge in [0.05, 0.1) is 12.2 Å². The number of fused-ring (bicyclic) bond motifs is 1. The fourth-order valence-electron chi connectivity index (χ4n) is 2.51. The molecule has 0 aromatic heterocycles. The van der Waals surface area contributed by atoms with Crippen molar-refractivity contribution in [2.75, 3.05) is 30.2 Å². The summed E-state index contributed by atoms with van der Waals surface area (Å²) in [6.07, 6.45) is 0.142. The predicted octanol–water partition coefficient (Wildman–Crippen LogP) is 1.56. The van der Waals surface area contributed by atoms with Crippen LogP contribution in [0.2, 0.25) is 0 Å². The van der Waals surface area contributed by atoms with Crippen LogP contribution in [0.25, 0.3) is 0 Å². The Balaban J connectivity index is 1.47. The van der Waals surface area contributed by atoms with Gasteiger partial charge in [-0.2, -0.15) is 0 Å². The molecule has 0 bridgehead atoms. The average Bonchev–Trinajstić information content (AvgIpc) is 2.62. The number of carbonyl (C=O) groups excluding carboxylic acids is 1. The van der Waals surface area contributed by atoms with E-state index in [-0.39, 0.29) is 24.6 Å². The van der Waals surface area contributed by atoms with Crippen molar-refractivity contribution >= 4 is 21.6 Å². The summed E-state index contributed by atoms with van der Waals surface area (Å²) in [5, 5.41) is 2.62. The molecule has 1 aliphatic heterocycles. The lowest BCUT2D eigenvalue weighted by molar-refractivity contribution is -0.120. The van der Waals surface area contributed by atoms with Gasteiger partial charge in [0, 0.05) is 12.2 Å². The van der Waals surface area contributed by atoms with E-state index in [0.29, 0.717) is 30.4 Å². The minimum absolute atomic E-state index is 0.0333. The SMILES string of the molecule is O=C(Cc1ccc2c(c1)OCCO2)NCCS(=O)(=O)Nc1ccccc1. The van der Waals surface area contributed by atoms with Crippen LogP contribution in [0.3, 0.4) is 0 Å². The topological polar surface area (TPSA) is 93.7 Å². The van der Waals surface area contributed by atoms with Crippen LogP contribution >= 0.6 is 0 Å². The van der Waals surface area contributed by atoms with Crippen molar-refractivity contribution < 1.29 is 22.7 Å². The molecule has 0 fully saturated rings. The Morgan fingerprint density at radius 3 is 2.50 bits per heavy atom. The van der Waals surface area contributed by atoms with Crippen molar-refractivity contribution in [2.24, 2.45) is 0 Å². The largest absolute Gasteiger partial charge is 0.486 e. The van der Waals surface area contributed by atoms with Crippen LogP contribution in [-0.4, -0.2) is 39.8 Å². The van der Waals surface area contributed by atoms with E-state index in [1.807, 2.05) is 0 Å². The van der Waals surface area contributed by atoms with Crippen LogP contribution in [-0.2, 0) is 21.2 Å². The van der Waals surface area contributed by atoms with Crippen molar-refractivity contribution in [2.45, 2.75) is 6.42 Å². The summed E-state index contributed by atoms with van der Waals surface area (Å²) in [4.78, 5) is 12.0. The number of carbonyl (C=O) groups is 1. The summed E-state index contributed by atoms with van der Waals surface area (Å²) < 4.78 is 37.4. The summed E-state index contributed by atoms with van der Waals surface area (Å²) in [6.45, 7) is 1.03. The smallest absolute Gasteiger partial charge is 0.234 e. The molecule has 1 heterocycles. The second kappa shape index (κ2) is 8.09. The minimum Gasteiger partial charge on any atom is -0.486 e. The maximum Gasteiger partial charge on any atom is 0.234 e. The molecule has 0 unspecified atom stereocenters. The first-order valence-corrected chi connectivity index (χ1v) is 9.88. The molecule has 8 heteroatoms. The normalized spacial score (nSPS) is 13.1. The highest BCUT2D eigenvalue weighted by atomic mass is 32.2. The van der Waals surface area contributed by atoms with E-state index in [1.54, 1.807) is 48.5 Å². The van der Waals surface area contributed by atoms with E-state index in [0.717, 1.165) is 5.56 Å². The maximum absolute atomic E-state index is 12.0. The Morgan fingerprint density at radius 2 is 1.73 bits per heavy atom. The summed E-state index contributed by atoms with van der Waals surface area (Å²) in [7, 11) is -3.52. The monoisotopic (exact) mass is 376 g/mol. The first kappa shape index (κ1) is 18.1. The Morgan fingerprint density at radius 1 is 1.00 bits per heavy atom. The number of sulfonamides is 1. The molecule has 0 radical (unpaired) electrons. The van der Waals surface area contributed by atoms with E-state index >= 15 is 0 Å². The standard InChI is InChI=1S/C18H20N2O5S/c21-18(13-14-6-7-16-17(12-14)25-10-9-24-16)19-8-11-26(22,23)20-15-4-2-1-3-5-15/h1-7,12,20H,8-11,13H2,(H,19,21). The van der Waals surface area contributed by atoms with E-state index in [4.69, 9.17) is 9.47 Å². The van der Waals surface area contributed by atoms with Gasteiger partial charge in [-0.3, -0.25) is 9.52 Å². The van der Waals surface area contributed by atoms with Gasteiger partial charge in [0.15, 0.2) is 11.5 Å². The molecule has 138 valence electrons. The molecule has 0 aliphatic carbocycles. The molecule has 0 saturated carbocycles. The van der Waals surface area contributed by atoms with Crippen molar-refractivity contribution in [3.63, 3.8) is 0 Å². The Bertz CT molecular complexity index is 868. The second-order valence-electron chi connectivity index (χ2n) is 5.79. The summed E-state index contributed by atoms with van der Waals surface area (Å²) in [6, 6.07) is 13.9. The van der Waals surface area contributed by atoms with Gasteiger partial charge in [-0.25, -0.2) is 8.42 Å². The third-order valence-electron chi connectivity index (χ3n) is 3.71. The molecule has 3 rings (SSSR count). The first-order valence-electron chi connectivity index (χ1n) is 8.23. The molecule has 1 aliphatic rings. The third-order valence-corrected chi connectivity index (χ3v) is 5.00. The number of nitrogens with one attached hydrogen (secondary N) is 2.